The molecule has 5 heteroatoms. The maximum atomic E-state index is 10.6. The minimum Gasteiger partial charge on any atom is -0.491 e. The molecule has 0 heterocycles. The second-order valence-corrected chi connectivity index (χ2v) is 6.02. The Balaban J connectivity index is 2.25. The normalized spacial score (nSPS) is 12.2. The lowest BCUT2D eigenvalue weighted by Crippen LogP contribution is -2.08. The van der Waals surface area contributed by atoms with Crippen molar-refractivity contribution in [3.8, 4) is 5.75 Å². The molecule has 0 spiro atoms. The zero-order chi connectivity index (χ0) is 15.2. The number of para-hydroxylation sites is 1. The number of halogens is 2. The first-order chi connectivity index (χ1) is 10.1. The molecule has 21 heavy (non-hydrogen) atoms. The molecule has 0 aliphatic heterocycles. The van der Waals surface area contributed by atoms with Gasteiger partial charge in [0.25, 0.3) is 0 Å². The molecule has 0 bridgehead atoms. The first-order valence-corrected chi connectivity index (χ1v) is 7.93. The van der Waals surface area contributed by atoms with Crippen molar-refractivity contribution in [2.75, 3.05) is 20.3 Å². The highest BCUT2D eigenvalue weighted by Crippen LogP contribution is 2.32. The fraction of sp³-hybridized carbons (Fsp3) is 0.250. The van der Waals surface area contributed by atoms with E-state index in [0.717, 1.165) is 9.13 Å². The van der Waals surface area contributed by atoms with E-state index in [1.807, 2.05) is 36.4 Å². The van der Waals surface area contributed by atoms with Gasteiger partial charge in [0.1, 0.15) is 18.5 Å². The van der Waals surface area contributed by atoms with Gasteiger partial charge in [0, 0.05) is 16.2 Å². The third kappa shape index (κ3) is 4.32. The molecule has 0 saturated heterocycles. The summed E-state index contributed by atoms with van der Waals surface area (Å²) < 4.78 is 11.6. The lowest BCUT2D eigenvalue weighted by atomic mass is 10.0. The molecule has 0 fully saturated rings. The summed E-state index contributed by atoms with van der Waals surface area (Å²) in [4.78, 5) is 0. The van der Waals surface area contributed by atoms with Crippen LogP contribution in [0.4, 0.5) is 0 Å². The molecule has 1 unspecified atom stereocenters. The van der Waals surface area contributed by atoms with Gasteiger partial charge in [-0.2, -0.15) is 0 Å². The van der Waals surface area contributed by atoms with E-state index in [1.54, 1.807) is 13.2 Å². The molecule has 0 amide bonds. The highest BCUT2D eigenvalue weighted by atomic mass is 127. The lowest BCUT2D eigenvalue weighted by molar-refractivity contribution is 0.142. The summed E-state index contributed by atoms with van der Waals surface area (Å²) >= 11 is 8.28. The summed E-state index contributed by atoms with van der Waals surface area (Å²) in [6.45, 7) is 0.938. The molecule has 2 aromatic carbocycles. The standard InChI is InChI=1S/C16H16ClIO3/c1-20-8-9-21-15-5-3-2-4-12(15)16(19)11-6-7-14(18)13(17)10-11/h2-7,10,16,19H,8-9H2,1H3. The van der Waals surface area contributed by atoms with Gasteiger partial charge in [0.15, 0.2) is 0 Å². The maximum absolute atomic E-state index is 10.6. The number of benzene rings is 2. The number of hydrogen-bond acceptors (Lipinski definition) is 3. The Labute approximate surface area is 143 Å². The molecule has 0 radical (unpaired) electrons. The molecule has 1 N–H and O–H groups in total. The van der Waals surface area contributed by atoms with Crippen molar-refractivity contribution in [1.29, 1.82) is 0 Å². The Kier molecular flexibility index (Phi) is 6.29. The highest BCUT2D eigenvalue weighted by molar-refractivity contribution is 14.1. The van der Waals surface area contributed by atoms with Crippen molar-refractivity contribution in [3.05, 3.63) is 62.2 Å². The molecule has 2 aromatic rings. The Morgan fingerprint density at radius 2 is 1.95 bits per heavy atom. The largest absolute Gasteiger partial charge is 0.491 e. The van der Waals surface area contributed by atoms with Crippen LogP contribution >= 0.6 is 34.2 Å². The number of aliphatic hydroxyl groups is 1. The van der Waals surface area contributed by atoms with Gasteiger partial charge in [-0.1, -0.05) is 35.9 Å². The van der Waals surface area contributed by atoms with Crippen LogP contribution in [0.25, 0.3) is 0 Å². The van der Waals surface area contributed by atoms with Crippen LogP contribution in [0.5, 0.6) is 5.75 Å². The van der Waals surface area contributed by atoms with Gasteiger partial charge in [-0.3, -0.25) is 0 Å². The quantitative estimate of drug-likeness (QED) is 0.568. The minimum atomic E-state index is -0.779. The smallest absolute Gasteiger partial charge is 0.125 e. The average Bonchev–Trinajstić information content (AvgIpc) is 2.50. The predicted octanol–water partition coefficient (Wildman–Crippen LogP) is 4.05. The van der Waals surface area contributed by atoms with E-state index >= 15 is 0 Å². The third-order valence-electron chi connectivity index (χ3n) is 3.02. The summed E-state index contributed by atoms with van der Waals surface area (Å²) in [6.07, 6.45) is -0.779. The van der Waals surface area contributed by atoms with Crippen molar-refractivity contribution in [1.82, 2.24) is 0 Å². The van der Waals surface area contributed by atoms with Crippen LogP contribution < -0.4 is 4.74 Å². The Hall–Kier alpha value is -0.820. The van der Waals surface area contributed by atoms with Crippen LogP contribution in [0.2, 0.25) is 5.02 Å². The van der Waals surface area contributed by atoms with Crippen molar-refractivity contribution < 1.29 is 14.6 Å². The number of aliphatic hydroxyl groups excluding tert-OH is 1. The summed E-state index contributed by atoms with van der Waals surface area (Å²) in [6, 6.07) is 13.0. The van der Waals surface area contributed by atoms with E-state index in [4.69, 9.17) is 21.1 Å². The number of rotatable bonds is 6. The molecule has 0 aliphatic carbocycles. The maximum Gasteiger partial charge on any atom is 0.125 e. The van der Waals surface area contributed by atoms with E-state index < -0.39 is 6.10 Å². The second-order valence-electron chi connectivity index (χ2n) is 4.46. The Morgan fingerprint density at radius 1 is 1.19 bits per heavy atom. The monoisotopic (exact) mass is 418 g/mol. The summed E-state index contributed by atoms with van der Waals surface area (Å²) in [5, 5.41) is 11.2. The van der Waals surface area contributed by atoms with E-state index in [0.29, 0.717) is 29.5 Å². The minimum absolute atomic E-state index is 0.438. The van der Waals surface area contributed by atoms with Crippen LogP contribution in [-0.2, 0) is 4.74 Å². The number of ether oxygens (including phenoxy) is 2. The van der Waals surface area contributed by atoms with E-state index in [9.17, 15) is 5.11 Å². The van der Waals surface area contributed by atoms with Crippen molar-refractivity contribution in [2.24, 2.45) is 0 Å². The van der Waals surface area contributed by atoms with Gasteiger partial charge in [-0.05, 0) is 46.4 Å². The topological polar surface area (TPSA) is 38.7 Å². The average molecular weight is 419 g/mol. The van der Waals surface area contributed by atoms with Crippen molar-refractivity contribution in [2.45, 2.75) is 6.10 Å². The highest BCUT2D eigenvalue weighted by Gasteiger charge is 2.16. The molecule has 112 valence electrons. The first kappa shape index (κ1) is 16.5. The molecule has 0 aliphatic rings. The summed E-state index contributed by atoms with van der Waals surface area (Å²) in [7, 11) is 1.62. The van der Waals surface area contributed by atoms with Crippen LogP contribution in [0.3, 0.4) is 0 Å². The van der Waals surface area contributed by atoms with Crippen molar-refractivity contribution in [3.63, 3.8) is 0 Å². The third-order valence-corrected chi connectivity index (χ3v) is 4.59. The van der Waals surface area contributed by atoms with E-state index in [1.165, 1.54) is 0 Å². The zero-order valence-corrected chi connectivity index (χ0v) is 14.5. The molecular weight excluding hydrogens is 403 g/mol. The van der Waals surface area contributed by atoms with Gasteiger partial charge in [-0.15, -0.1) is 0 Å². The van der Waals surface area contributed by atoms with Gasteiger partial charge in [-0.25, -0.2) is 0 Å². The molecule has 0 aromatic heterocycles. The van der Waals surface area contributed by atoms with Crippen LogP contribution in [0.15, 0.2) is 42.5 Å². The summed E-state index contributed by atoms with van der Waals surface area (Å²) in [5.41, 5.74) is 1.45. The predicted molar refractivity (Wildman–Crippen MR) is 92.0 cm³/mol. The van der Waals surface area contributed by atoms with Gasteiger partial charge < -0.3 is 14.6 Å². The van der Waals surface area contributed by atoms with Gasteiger partial charge in [0.05, 0.1) is 11.6 Å². The van der Waals surface area contributed by atoms with E-state index in [2.05, 4.69) is 22.6 Å². The Morgan fingerprint density at radius 3 is 2.67 bits per heavy atom. The lowest BCUT2D eigenvalue weighted by Gasteiger charge is -2.17. The van der Waals surface area contributed by atoms with Gasteiger partial charge in [0.2, 0.25) is 0 Å². The van der Waals surface area contributed by atoms with Crippen LogP contribution in [0, 0.1) is 3.57 Å². The van der Waals surface area contributed by atoms with E-state index in [-0.39, 0.29) is 0 Å². The fourth-order valence-electron chi connectivity index (χ4n) is 1.93. The summed E-state index contributed by atoms with van der Waals surface area (Å²) in [5.74, 6) is 0.650. The molecule has 3 nitrogen and oxygen atoms in total. The second kappa shape index (κ2) is 7.98. The SMILES string of the molecule is COCCOc1ccccc1C(O)c1ccc(I)c(Cl)c1. The molecular formula is C16H16ClIO3. The first-order valence-electron chi connectivity index (χ1n) is 6.47. The van der Waals surface area contributed by atoms with Crippen LogP contribution in [0.1, 0.15) is 17.2 Å². The molecule has 0 saturated carbocycles. The van der Waals surface area contributed by atoms with Crippen molar-refractivity contribution >= 4 is 34.2 Å². The Bertz CT molecular complexity index is 604. The molecule has 1 atom stereocenters. The number of hydrogen-bond donors (Lipinski definition) is 1. The van der Waals surface area contributed by atoms with Gasteiger partial charge >= 0.3 is 0 Å². The molecule has 2 rings (SSSR count). The fourth-order valence-corrected chi connectivity index (χ4v) is 2.46. The number of methoxy groups -OCH3 is 1. The zero-order valence-electron chi connectivity index (χ0n) is 11.6. The van der Waals surface area contributed by atoms with Crippen LogP contribution in [-0.4, -0.2) is 25.4 Å².